The maximum Gasteiger partial charge on any atom is 0.282 e. The third-order valence-electron chi connectivity index (χ3n) is 3.23. The van der Waals surface area contributed by atoms with Crippen LogP contribution >= 0.6 is 0 Å². The summed E-state index contributed by atoms with van der Waals surface area (Å²) in [6, 6.07) is 13.6. The molecule has 3 rings (SSSR count). The van der Waals surface area contributed by atoms with Crippen molar-refractivity contribution in [3.8, 4) is 11.3 Å². The summed E-state index contributed by atoms with van der Waals surface area (Å²) in [6.07, 6.45) is 2.55. The van der Waals surface area contributed by atoms with E-state index in [0.717, 1.165) is 24.2 Å². The van der Waals surface area contributed by atoms with Gasteiger partial charge in [-0.15, -0.1) is 0 Å². The quantitative estimate of drug-likeness (QED) is 0.731. The van der Waals surface area contributed by atoms with Crippen molar-refractivity contribution >= 4 is 11.0 Å². The minimum atomic E-state index is -0.223. The minimum absolute atomic E-state index is 0.223. The summed E-state index contributed by atoms with van der Waals surface area (Å²) >= 11 is 0. The topological polar surface area (TPSA) is 47.8 Å². The molecule has 2 heterocycles. The van der Waals surface area contributed by atoms with Crippen LogP contribution in [0.25, 0.3) is 22.3 Å². The van der Waals surface area contributed by atoms with E-state index in [1.807, 2.05) is 47.0 Å². The maximum absolute atomic E-state index is 11.8. The SMILES string of the molecule is CCCn1cnc(=O)c2ccc(-c3ccccc3)nc21. The van der Waals surface area contributed by atoms with E-state index in [4.69, 9.17) is 0 Å². The van der Waals surface area contributed by atoms with Crippen LogP contribution in [-0.4, -0.2) is 14.5 Å². The van der Waals surface area contributed by atoms with Gasteiger partial charge in [0.1, 0.15) is 12.0 Å². The normalized spacial score (nSPS) is 10.8. The average molecular weight is 265 g/mol. The van der Waals surface area contributed by atoms with Crippen LogP contribution in [0.15, 0.2) is 53.6 Å². The third-order valence-corrected chi connectivity index (χ3v) is 3.23. The molecular weight excluding hydrogens is 250 g/mol. The molecule has 0 aliphatic heterocycles. The second-order valence-corrected chi connectivity index (χ2v) is 4.68. The maximum atomic E-state index is 11.8. The smallest absolute Gasteiger partial charge is 0.282 e. The van der Waals surface area contributed by atoms with Gasteiger partial charge in [-0.25, -0.2) is 4.98 Å². The van der Waals surface area contributed by atoms with Gasteiger partial charge in [-0.1, -0.05) is 37.3 Å². The molecule has 0 saturated carbocycles. The second kappa shape index (κ2) is 5.25. The summed E-state index contributed by atoms with van der Waals surface area (Å²) in [5.74, 6) is 0. The van der Waals surface area contributed by atoms with Gasteiger partial charge in [-0.05, 0) is 18.6 Å². The number of hydrogen-bond donors (Lipinski definition) is 0. The summed E-state index contributed by atoms with van der Waals surface area (Å²) < 4.78 is 1.93. The summed E-state index contributed by atoms with van der Waals surface area (Å²) in [4.78, 5) is 20.4. The van der Waals surface area contributed by atoms with Crippen molar-refractivity contribution in [1.82, 2.24) is 14.5 Å². The molecular formula is C16H15N3O. The van der Waals surface area contributed by atoms with Crippen molar-refractivity contribution in [2.24, 2.45) is 0 Å². The van der Waals surface area contributed by atoms with E-state index in [-0.39, 0.29) is 5.56 Å². The molecule has 0 unspecified atom stereocenters. The predicted octanol–water partition coefficient (Wildman–Crippen LogP) is 2.87. The van der Waals surface area contributed by atoms with Crippen molar-refractivity contribution in [2.45, 2.75) is 19.9 Å². The standard InChI is InChI=1S/C16H15N3O/c1-2-10-19-11-17-16(20)13-8-9-14(18-15(13)19)12-6-4-3-5-7-12/h3-9,11H,2,10H2,1H3. The zero-order valence-corrected chi connectivity index (χ0v) is 11.3. The van der Waals surface area contributed by atoms with Gasteiger partial charge in [0.15, 0.2) is 0 Å². The average Bonchev–Trinajstić information content (AvgIpc) is 2.51. The highest BCUT2D eigenvalue weighted by atomic mass is 16.1. The van der Waals surface area contributed by atoms with Crippen LogP contribution in [0.4, 0.5) is 0 Å². The van der Waals surface area contributed by atoms with Gasteiger partial charge in [-0.3, -0.25) is 4.79 Å². The Kier molecular flexibility index (Phi) is 3.29. The fourth-order valence-corrected chi connectivity index (χ4v) is 2.25. The first-order valence-corrected chi connectivity index (χ1v) is 6.71. The second-order valence-electron chi connectivity index (χ2n) is 4.68. The number of hydrogen-bond acceptors (Lipinski definition) is 3. The molecule has 1 aromatic carbocycles. The van der Waals surface area contributed by atoms with Crippen LogP contribution in [0.1, 0.15) is 13.3 Å². The van der Waals surface area contributed by atoms with Crippen molar-refractivity contribution < 1.29 is 0 Å². The Hall–Kier alpha value is -2.49. The Balaban J connectivity index is 2.24. The van der Waals surface area contributed by atoms with Crippen molar-refractivity contribution in [1.29, 1.82) is 0 Å². The molecule has 2 aromatic heterocycles. The van der Waals surface area contributed by atoms with Gasteiger partial charge in [0.05, 0.1) is 11.1 Å². The number of fused-ring (bicyclic) bond motifs is 1. The van der Waals surface area contributed by atoms with Gasteiger partial charge in [0.25, 0.3) is 5.56 Å². The zero-order valence-electron chi connectivity index (χ0n) is 11.3. The van der Waals surface area contributed by atoms with Gasteiger partial charge in [0, 0.05) is 12.1 Å². The first-order chi connectivity index (χ1) is 9.79. The first-order valence-electron chi connectivity index (χ1n) is 6.71. The summed E-state index contributed by atoms with van der Waals surface area (Å²) in [5.41, 5.74) is 2.39. The van der Waals surface area contributed by atoms with E-state index >= 15 is 0 Å². The lowest BCUT2D eigenvalue weighted by Crippen LogP contribution is -2.13. The zero-order chi connectivity index (χ0) is 13.9. The molecule has 0 fully saturated rings. The van der Waals surface area contributed by atoms with Crippen LogP contribution in [0.3, 0.4) is 0 Å². The van der Waals surface area contributed by atoms with Crippen LogP contribution < -0.4 is 5.56 Å². The number of aryl methyl sites for hydroxylation is 1. The molecule has 100 valence electrons. The Morgan fingerprint density at radius 1 is 1.10 bits per heavy atom. The molecule has 0 radical (unpaired) electrons. The van der Waals surface area contributed by atoms with Crippen molar-refractivity contribution in [3.05, 3.63) is 59.1 Å². The molecule has 0 atom stereocenters. The van der Waals surface area contributed by atoms with Crippen LogP contribution in [-0.2, 0) is 6.54 Å². The van der Waals surface area contributed by atoms with E-state index < -0.39 is 0 Å². The third kappa shape index (κ3) is 2.20. The summed E-state index contributed by atoms with van der Waals surface area (Å²) in [5, 5.41) is 0.570. The van der Waals surface area contributed by atoms with E-state index in [1.54, 1.807) is 6.33 Å². The van der Waals surface area contributed by atoms with E-state index in [1.165, 1.54) is 0 Å². The lowest BCUT2D eigenvalue weighted by atomic mass is 10.1. The Bertz CT molecular complexity index is 794. The highest BCUT2D eigenvalue weighted by molar-refractivity contribution is 5.77. The van der Waals surface area contributed by atoms with E-state index in [2.05, 4.69) is 16.9 Å². The largest absolute Gasteiger partial charge is 0.316 e. The Morgan fingerprint density at radius 2 is 1.90 bits per heavy atom. The molecule has 3 aromatic rings. The molecule has 20 heavy (non-hydrogen) atoms. The molecule has 0 N–H and O–H groups in total. The summed E-state index contributed by atoms with van der Waals surface area (Å²) in [6.45, 7) is 2.89. The molecule has 0 aliphatic rings. The monoisotopic (exact) mass is 265 g/mol. The van der Waals surface area contributed by atoms with Crippen molar-refractivity contribution in [2.75, 3.05) is 0 Å². The van der Waals surface area contributed by atoms with Crippen molar-refractivity contribution in [3.63, 3.8) is 0 Å². The van der Waals surface area contributed by atoms with Crippen LogP contribution in [0.5, 0.6) is 0 Å². The van der Waals surface area contributed by atoms with Gasteiger partial charge < -0.3 is 4.57 Å². The van der Waals surface area contributed by atoms with Crippen LogP contribution in [0, 0.1) is 0 Å². The molecule has 4 nitrogen and oxygen atoms in total. The van der Waals surface area contributed by atoms with Crippen LogP contribution in [0.2, 0.25) is 0 Å². The molecule has 0 bridgehead atoms. The Morgan fingerprint density at radius 3 is 2.65 bits per heavy atom. The number of nitrogens with zero attached hydrogens (tertiary/aromatic N) is 3. The fourth-order valence-electron chi connectivity index (χ4n) is 2.25. The van der Waals surface area contributed by atoms with E-state index in [9.17, 15) is 4.79 Å². The summed E-state index contributed by atoms with van der Waals surface area (Å²) in [7, 11) is 0. The predicted molar refractivity (Wildman–Crippen MR) is 79.5 cm³/mol. The van der Waals surface area contributed by atoms with Gasteiger partial charge in [0.2, 0.25) is 0 Å². The number of benzene rings is 1. The molecule has 0 saturated heterocycles. The molecule has 0 spiro atoms. The van der Waals surface area contributed by atoms with E-state index in [0.29, 0.717) is 11.0 Å². The first kappa shape index (κ1) is 12.5. The lowest BCUT2D eigenvalue weighted by Gasteiger charge is -2.09. The highest BCUT2D eigenvalue weighted by Crippen LogP contribution is 2.19. The number of pyridine rings is 1. The lowest BCUT2D eigenvalue weighted by molar-refractivity contribution is 0.677. The minimum Gasteiger partial charge on any atom is -0.316 e. The Labute approximate surface area is 116 Å². The van der Waals surface area contributed by atoms with Gasteiger partial charge in [-0.2, -0.15) is 4.98 Å². The highest BCUT2D eigenvalue weighted by Gasteiger charge is 2.07. The van der Waals surface area contributed by atoms with Gasteiger partial charge >= 0.3 is 0 Å². The molecule has 4 heteroatoms. The number of aromatic nitrogens is 3. The molecule has 0 amide bonds. The fraction of sp³-hybridized carbons (Fsp3) is 0.188. The number of rotatable bonds is 3. The molecule has 0 aliphatic carbocycles.